The lowest BCUT2D eigenvalue weighted by atomic mass is 10.2. The van der Waals surface area contributed by atoms with E-state index in [1.54, 1.807) is 24.4 Å². The van der Waals surface area contributed by atoms with Gasteiger partial charge in [-0.05, 0) is 12.5 Å². The first-order valence-electron chi connectivity index (χ1n) is 8.50. The summed E-state index contributed by atoms with van der Waals surface area (Å²) in [5.74, 6) is 0.607. The number of amides is 1. The molecule has 0 spiro atoms. The molecule has 0 radical (unpaired) electrons. The van der Waals surface area contributed by atoms with E-state index in [1.165, 1.54) is 26.8 Å². The van der Waals surface area contributed by atoms with Crippen LogP contribution in [0.4, 0.5) is 11.4 Å². The number of rotatable bonds is 9. The lowest BCUT2D eigenvalue weighted by molar-refractivity contribution is 0.102. The van der Waals surface area contributed by atoms with Gasteiger partial charge in [0.05, 0.1) is 36.2 Å². The largest absolute Gasteiger partial charge is 0.495 e. The number of nitrogens with one attached hydrogen (secondary N) is 2. The first-order chi connectivity index (χ1) is 12.6. The minimum absolute atomic E-state index is 0.294. The van der Waals surface area contributed by atoms with Gasteiger partial charge >= 0.3 is 0 Å². The Bertz CT molecular complexity index is 753. The highest BCUT2D eigenvalue weighted by atomic mass is 35.5. The lowest BCUT2D eigenvalue weighted by Gasteiger charge is -2.13. The van der Waals surface area contributed by atoms with Gasteiger partial charge in [-0.1, -0.05) is 31.4 Å². The van der Waals surface area contributed by atoms with Crippen LogP contribution in [0, 0.1) is 0 Å². The fourth-order valence-corrected chi connectivity index (χ4v) is 2.65. The average molecular weight is 378 g/mol. The van der Waals surface area contributed by atoms with Crippen LogP contribution in [-0.4, -0.2) is 31.7 Å². The molecule has 0 bridgehead atoms. The van der Waals surface area contributed by atoms with Gasteiger partial charge in [-0.25, -0.2) is 0 Å². The molecule has 1 heterocycles. The van der Waals surface area contributed by atoms with Gasteiger partial charge in [0, 0.05) is 31.1 Å². The molecule has 1 aromatic heterocycles. The normalized spacial score (nSPS) is 10.3. The Kier molecular flexibility index (Phi) is 7.53. The Morgan fingerprint density at radius 3 is 2.58 bits per heavy atom. The molecule has 6 nitrogen and oxygen atoms in total. The number of carbonyl (C=O) groups excluding carboxylic acids is 1. The highest BCUT2D eigenvalue weighted by Gasteiger charge is 2.14. The van der Waals surface area contributed by atoms with Crippen LogP contribution >= 0.6 is 11.6 Å². The van der Waals surface area contributed by atoms with Crippen LogP contribution in [0.2, 0.25) is 5.02 Å². The maximum absolute atomic E-state index is 12.6. The average Bonchev–Trinajstić information content (AvgIpc) is 2.66. The van der Waals surface area contributed by atoms with Crippen molar-refractivity contribution in [2.24, 2.45) is 0 Å². The van der Waals surface area contributed by atoms with Crippen molar-refractivity contribution < 1.29 is 14.3 Å². The second-order valence-electron chi connectivity index (χ2n) is 5.74. The van der Waals surface area contributed by atoms with Crippen LogP contribution in [0.15, 0.2) is 30.6 Å². The molecule has 1 aromatic carbocycles. The van der Waals surface area contributed by atoms with Crippen molar-refractivity contribution in [2.45, 2.75) is 26.2 Å². The Hall–Kier alpha value is -2.47. The molecule has 0 saturated carbocycles. The molecule has 0 aliphatic heterocycles. The minimum atomic E-state index is -0.294. The van der Waals surface area contributed by atoms with Crippen LogP contribution in [0.3, 0.4) is 0 Å². The predicted octanol–water partition coefficient (Wildman–Crippen LogP) is 4.61. The Morgan fingerprint density at radius 1 is 1.12 bits per heavy atom. The van der Waals surface area contributed by atoms with E-state index in [4.69, 9.17) is 21.1 Å². The van der Waals surface area contributed by atoms with Gasteiger partial charge in [0.2, 0.25) is 0 Å². The maximum atomic E-state index is 12.6. The quantitative estimate of drug-likeness (QED) is 0.624. The zero-order chi connectivity index (χ0) is 18.9. The maximum Gasteiger partial charge on any atom is 0.257 e. The third-order valence-electron chi connectivity index (χ3n) is 3.83. The highest BCUT2D eigenvalue weighted by molar-refractivity contribution is 6.32. The Labute approximate surface area is 158 Å². The van der Waals surface area contributed by atoms with E-state index >= 15 is 0 Å². The summed E-state index contributed by atoms with van der Waals surface area (Å²) < 4.78 is 10.5. The first kappa shape index (κ1) is 19.8. The number of halogens is 1. The number of ether oxygens (including phenoxy) is 2. The summed E-state index contributed by atoms with van der Waals surface area (Å²) in [7, 11) is 3.02. The number of pyridine rings is 1. The summed E-state index contributed by atoms with van der Waals surface area (Å²) in [6.45, 7) is 3.01. The van der Waals surface area contributed by atoms with Crippen molar-refractivity contribution in [3.05, 3.63) is 41.2 Å². The van der Waals surface area contributed by atoms with Gasteiger partial charge in [0.15, 0.2) is 0 Å². The van der Waals surface area contributed by atoms with E-state index in [0.29, 0.717) is 27.8 Å². The molecule has 0 unspecified atom stereocenters. The van der Waals surface area contributed by atoms with Crippen LogP contribution in [0.5, 0.6) is 11.5 Å². The molecular formula is C19H24ClN3O3. The van der Waals surface area contributed by atoms with Gasteiger partial charge in [0.1, 0.15) is 11.5 Å². The number of hydrogen-bond acceptors (Lipinski definition) is 5. The van der Waals surface area contributed by atoms with Gasteiger partial charge < -0.3 is 20.1 Å². The molecule has 0 saturated heterocycles. The summed E-state index contributed by atoms with van der Waals surface area (Å²) in [6.07, 6.45) is 6.63. The van der Waals surface area contributed by atoms with Crippen molar-refractivity contribution in [1.29, 1.82) is 0 Å². The summed E-state index contributed by atoms with van der Waals surface area (Å²) >= 11 is 6.09. The van der Waals surface area contributed by atoms with E-state index < -0.39 is 0 Å². The molecular weight excluding hydrogens is 354 g/mol. The second-order valence-corrected chi connectivity index (χ2v) is 6.14. The lowest BCUT2D eigenvalue weighted by Crippen LogP contribution is -2.14. The van der Waals surface area contributed by atoms with Crippen LogP contribution in [-0.2, 0) is 0 Å². The van der Waals surface area contributed by atoms with E-state index in [0.717, 1.165) is 25.1 Å². The van der Waals surface area contributed by atoms with Crippen LogP contribution in [0.25, 0.3) is 0 Å². The van der Waals surface area contributed by atoms with Crippen molar-refractivity contribution in [2.75, 3.05) is 31.4 Å². The molecule has 2 rings (SSSR count). The molecule has 140 valence electrons. The first-order valence-corrected chi connectivity index (χ1v) is 8.88. The number of hydrogen-bond donors (Lipinski definition) is 2. The molecule has 0 aliphatic rings. The fraction of sp³-hybridized carbons (Fsp3) is 0.368. The third kappa shape index (κ3) is 5.26. The number of unbranched alkanes of at least 4 members (excludes halogenated alkanes) is 2. The van der Waals surface area contributed by atoms with Gasteiger partial charge in [-0.3, -0.25) is 9.78 Å². The number of anilines is 2. The second kappa shape index (κ2) is 9.87. The van der Waals surface area contributed by atoms with Crippen LogP contribution in [0.1, 0.15) is 36.5 Å². The number of carbonyl (C=O) groups is 1. The molecule has 2 N–H and O–H groups in total. The minimum Gasteiger partial charge on any atom is -0.495 e. The van der Waals surface area contributed by atoms with Crippen LogP contribution < -0.4 is 20.1 Å². The smallest absolute Gasteiger partial charge is 0.257 e. The number of aromatic nitrogens is 1. The van der Waals surface area contributed by atoms with E-state index in [1.807, 2.05) is 0 Å². The SMILES string of the molecule is CCCCCNc1cncc(C(=O)Nc2cc(OC)c(Cl)cc2OC)c1. The predicted molar refractivity (Wildman–Crippen MR) is 105 cm³/mol. The summed E-state index contributed by atoms with van der Waals surface area (Å²) in [6, 6.07) is 4.99. The molecule has 1 amide bonds. The Balaban J connectivity index is 2.12. The zero-order valence-corrected chi connectivity index (χ0v) is 16.0. The van der Waals surface area contributed by atoms with Crippen molar-refractivity contribution in [3.8, 4) is 11.5 Å². The monoisotopic (exact) mass is 377 g/mol. The third-order valence-corrected chi connectivity index (χ3v) is 4.13. The zero-order valence-electron chi connectivity index (χ0n) is 15.3. The van der Waals surface area contributed by atoms with E-state index in [-0.39, 0.29) is 5.91 Å². The highest BCUT2D eigenvalue weighted by Crippen LogP contribution is 2.36. The van der Waals surface area contributed by atoms with Crippen molar-refractivity contribution in [1.82, 2.24) is 4.98 Å². The topological polar surface area (TPSA) is 72.5 Å². The summed E-state index contributed by atoms with van der Waals surface area (Å²) in [5.41, 5.74) is 1.73. The molecule has 0 fully saturated rings. The van der Waals surface area contributed by atoms with Crippen molar-refractivity contribution in [3.63, 3.8) is 0 Å². The standard InChI is InChI=1S/C19H24ClN3O3/c1-4-5-6-7-22-14-8-13(11-21-12-14)19(24)23-16-10-17(25-2)15(20)9-18(16)26-3/h8-12,22H,4-7H2,1-3H3,(H,23,24). The fourth-order valence-electron chi connectivity index (χ4n) is 2.42. The Morgan fingerprint density at radius 2 is 1.88 bits per heavy atom. The number of nitrogens with zero attached hydrogens (tertiary/aromatic N) is 1. The number of benzene rings is 1. The molecule has 26 heavy (non-hydrogen) atoms. The van der Waals surface area contributed by atoms with Gasteiger partial charge in [0.25, 0.3) is 5.91 Å². The van der Waals surface area contributed by atoms with Gasteiger partial charge in [-0.2, -0.15) is 0 Å². The molecule has 0 atom stereocenters. The summed E-state index contributed by atoms with van der Waals surface area (Å²) in [5, 5.41) is 6.50. The molecule has 2 aromatic rings. The molecule has 0 aliphatic carbocycles. The molecule has 7 heteroatoms. The van der Waals surface area contributed by atoms with E-state index in [2.05, 4.69) is 22.5 Å². The van der Waals surface area contributed by atoms with Gasteiger partial charge in [-0.15, -0.1) is 0 Å². The van der Waals surface area contributed by atoms with E-state index in [9.17, 15) is 4.79 Å². The van der Waals surface area contributed by atoms with Crippen molar-refractivity contribution >= 4 is 28.9 Å². The number of methoxy groups -OCH3 is 2. The summed E-state index contributed by atoms with van der Waals surface area (Å²) in [4.78, 5) is 16.7.